The van der Waals surface area contributed by atoms with E-state index in [2.05, 4.69) is 82.6 Å². The summed E-state index contributed by atoms with van der Waals surface area (Å²) in [4.78, 5) is 54.4. The zero-order valence-corrected chi connectivity index (χ0v) is 39.9. The molecule has 0 bridgehead atoms. The SMILES string of the molecule is COC(=O)c1ccc(-c2ccccc2N(c2ccc(N(c3ccccc3-c3ccc(C(=O)OC)cc3)c3ccccc3-c3ccc(C(=O)OC)cc3)cc2)c2ccccc2-c2ccc(C(=O)OC)cc2)cc1. The van der Waals surface area contributed by atoms with Crippen LogP contribution in [0, 0.1) is 0 Å². The Kier molecular flexibility index (Phi) is 14.1. The van der Waals surface area contributed by atoms with Gasteiger partial charge in [0, 0.05) is 33.6 Å². The number of hydrogen-bond donors (Lipinski definition) is 0. The highest BCUT2D eigenvalue weighted by Gasteiger charge is 2.24. The first-order valence-electron chi connectivity index (χ1n) is 23.0. The summed E-state index contributed by atoms with van der Waals surface area (Å²) in [7, 11) is 5.46. The Morgan fingerprint density at radius 3 is 0.653 bits per heavy atom. The topological polar surface area (TPSA) is 112 Å². The Bertz CT molecular complexity index is 2970. The van der Waals surface area contributed by atoms with Crippen molar-refractivity contribution in [2.45, 2.75) is 0 Å². The van der Waals surface area contributed by atoms with Crippen LogP contribution in [0.5, 0.6) is 0 Å². The van der Waals surface area contributed by atoms with E-state index in [1.54, 1.807) is 48.5 Å². The van der Waals surface area contributed by atoms with Gasteiger partial charge in [0.05, 0.1) is 73.4 Å². The number of benzene rings is 9. The number of carbonyl (C=O) groups is 4. The van der Waals surface area contributed by atoms with Crippen molar-refractivity contribution < 1.29 is 38.1 Å². The first kappa shape index (κ1) is 47.5. The Labute approximate surface area is 417 Å². The summed E-state index contributed by atoms with van der Waals surface area (Å²) in [6.07, 6.45) is 0. The molecule has 72 heavy (non-hydrogen) atoms. The van der Waals surface area contributed by atoms with Gasteiger partial charge in [-0.1, -0.05) is 121 Å². The third-order valence-electron chi connectivity index (χ3n) is 12.4. The molecule has 0 N–H and O–H groups in total. The normalized spacial score (nSPS) is 10.7. The number of anilines is 6. The van der Waals surface area contributed by atoms with Gasteiger partial charge in [0.15, 0.2) is 0 Å². The van der Waals surface area contributed by atoms with E-state index in [1.807, 2.05) is 97.1 Å². The van der Waals surface area contributed by atoms with E-state index in [-0.39, 0.29) is 0 Å². The monoisotopic (exact) mass is 948 g/mol. The predicted molar refractivity (Wildman–Crippen MR) is 283 cm³/mol. The van der Waals surface area contributed by atoms with Gasteiger partial charge < -0.3 is 28.7 Å². The highest BCUT2D eigenvalue weighted by Crippen LogP contribution is 2.48. The van der Waals surface area contributed by atoms with Gasteiger partial charge in [-0.25, -0.2) is 19.2 Å². The van der Waals surface area contributed by atoms with Crippen molar-refractivity contribution in [1.82, 2.24) is 0 Å². The fraction of sp³-hybridized carbons (Fsp3) is 0.0645. The quantitative estimate of drug-likeness (QED) is 0.0771. The minimum absolute atomic E-state index is 0.420. The fourth-order valence-electron chi connectivity index (χ4n) is 8.83. The lowest BCUT2D eigenvalue weighted by atomic mass is 9.97. The molecular weight excluding hydrogens is 901 g/mol. The number of rotatable bonds is 14. The van der Waals surface area contributed by atoms with Crippen molar-refractivity contribution in [2.24, 2.45) is 0 Å². The molecule has 354 valence electrons. The average Bonchev–Trinajstić information content (AvgIpc) is 3.45. The molecule has 0 aromatic heterocycles. The molecule has 0 saturated carbocycles. The van der Waals surface area contributed by atoms with Crippen LogP contribution in [-0.4, -0.2) is 52.3 Å². The maximum atomic E-state index is 12.5. The molecular formula is C62H48N2O8. The van der Waals surface area contributed by atoms with Crippen LogP contribution in [0.3, 0.4) is 0 Å². The Hall–Kier alpha value is -9.54. The second kappa shape index (κ2) is 21.4. The summed E-state index contributed by atoms with van der Waals surface area (Å²) < 4.78 is 20.0. The molecule has 0 aliphatic heterocycles. The molecule has 9 aromatic carbocycles. The Balaban J connectivity index is 1.23. The number of methoxy groups -OCH3 is 4. The number of carbonyl (C=O) groups excluding carboxylic acids is 4. The molecule has 0 saturated heterocycles. The van der Waals surface area contributed by atoms with Gasteiger partial charge in [-0.15, -0.1) is 0 Å². The molecule has 9 rings (SSSR count). The van der Waals surface area contributed by atoms with Crippen LogP contribution in [-0.2, 0) is 18.9 Å². The summed E-state index contributed by atoms with van der Waals surface area (Å²) in [6.45, 7) is 0. The number of hydrogen-bond acceptors (Lipinski definition) is 10. The molecule has 0 fully saturated rings. The number of nitrogens with zero attached hydrogens (tertiary/aromatic N) is 2. The summed E-state index contributed by atoms with van der Waals surface area (Å²) in [6, 6.07) is 70.3. The first-order chi connectivity index (χ1) is 35.2. The van der Waals surface area contributed by atoms with Crippen molar-refractivity contribution in [3.63, 3.8) is 0 Å². The summed E-state index contributed by atoms with van der Waals surface area (Å²) >= 11 is 0. The number of ether oxygens (including phenoxy) is 4. The molecule has 0 spiro atoms. The molecule has 0 radical (unpaired) electrons. The van der Waals surface area contributed by atoms with Crippen molar-refractivity contribution >= 4 is 58.0 Å². The van der Waals surface area contributed by atoms with Crippen LogP contribution in [0.15, 0.2) is 218 Å². The van der Waals surface area contributed by atoms with E-state index in [0.29, 0.717) is 22.3 Å². The third kappa shape index (κ3) is 9.70. The van der Waals surface area contributed by atoms with Gasteiger partial charge in [-0.3, -0.25) is 0 Å². The van der Waals surface area contributed by atoms with Crippen molar-refractivity contribution in [3.8, 4) is 44.5 Å². The maximum absolute atomic E-state index is 12.5. The van der Waals surface area contributed by atoms with E-state index in [9.17, 15) is 19.2 Å². The summed E-state index contributed by atoms with van der Waals surface area (Å²) in [5, 5.41) is 0. The molecule has 0 atom stereocenters. The van der Waals surface area contributed by atoms with Crippen LogP contribution in [0.25, 0.3) is 44.5 Å². The zero-order chi connectivity index (χ0) is 50.1. The van der Waals surface area contributed by atoms with Crippen LogP contribution in [0.4, 0.5) is 34.1 Å². The molecule has 0 heterocycles. The minimum atomic E-state index is -0.420. The fourth-order valence-corrected chi connectivity index (χ4v) is 8.83. The Morgan fingerprint density at radius 2 is 0.458 bits per heavy atom. The van der Waals surface area contributed by atoms with Crippen molar-refractivity contribution in [3.05, 3.63) is 241 Å². The molecule has 9 aromatic rings. The van der Waals surface area contributed by atoms with E-state index in [0.717, 1.165) is 78.6 Å². The largest absolute Gasteiger partial charge is 0.465 e. The van der Waals surface area contributed by atoms with Gasteiger partial charge in [-0.2, -0.15) is 0 Å². The second-order valence-electron chi connectivity index (χ2n) is 16.5. The lowest BCUT2D eigenvalue weighted by Gasteiger charge is -2.32. The van der Waals surface area contributed by atoms with Gasteiger partial charge in [0.25, 0.3) is 0 Å². The van der Waals surface area contributed by atoms with Gasteiger partial charge in [0.1, 0.15) is 0 Å². The van der Waals surface area contributed by atoms with Gasteiger partial charge in [-0.05, 0) is 119 Å². The van der Waals surface area contributed by atoms with E-state index in [4.69, 9.17) is 18.9 Å². The highest BCUT2D eigenvalue weighted by molar-refractivity contribution is 5.99. The Morgan fingerprint density at radius 1 is 0.264 bits per heavy atom. The summed E-state index contributed by atoms with van der Waals surface area (Å²) in [5.41, 5.74) is 14.1. The lowest BCUT2D eigenvalue weighted by molar-refractivity contribution is 0.0592. The molecule has 10 heteroatoms. The molecule has 0 aliphatic rings. The minimum Gasteiger partial charge on any atom is -0.465 e. The van der Waals surface area contributed by atoms with Crippen LogP contribution in [0.2, 0.25) is 0 Å². The summed E-state index contributed by atoms with van der Waals surface area (Å²) in [5.74, 6) is -1.68. The standard InChI is InChI=1S/C62H48N2O8/c1-69-59(65)45-29-21-41(22-30-45)51-13-5-9-17-55(51)63(56-18-10-6-14-52(56)42-23-31-46(32-24-42)60(66)70-2)49-37-39-50(40-38-49)64(57-19-11-7-15-53(57)43-25-33-47(34-26-43)61(67)71-3)58-20-12-8-16-54(58)44-27-35-48(36-28-44)62(68)72-4/h5-40H,1-4H3. The van der Waals surface area contributed by atoms with E-state index >= 15 is 0 Å². The second-order valence-corrected chi connectivity index (χ2v) is 16.5. The number of para-hydroxylation sites is 4. The van der Waals surface area contributed by atoms with Crippen molar-refractivity contribution in [1.29, 1.82) is 0 Å². The maximum Gasteiger partial charge on any atom is 0.337 e. The molecule has 0 aliphatic carbocycles. The number of esters is 4. The van der Waals surface area contributed by atoms with Gasteiger partial charge >= 0.3 is 23.9 Å². The highest BCUT2D eigenvalue weighted by atomic mass is 16.5. The molecule has 0 unspecified atom stereocenters. The molecule has 0 amide bonds. The average molecular weight is 949 g/mol. The first-order valence-corrected chi connectivity index (χ1v) is 23.0. The van der Waals surface area contributed by atoms with Crippen LogP contribution >= 0.6 is 0 Å². The van der Waals surface area contributed by atoms with Crippen LogP contribution < -0.4 is 9.80 Å². The smallest absolute Gasteiger partial charge is 0.337 e. The third-order valence-corrected chi connectivity index (χ3v) is 12.4. The predicted octanol–water partition coefficient (Wildman–Crippen LogP) is 14.4. The van der Waals surface area contributed by atoms with Crippen LogP contribution in [0.1, 0.15) is 41.4 Å². The lowest BCUT2D eigenvalue weighted by Crippen LogP contribution is -2.14. The zero-order valence-electron chi connectivity index (χ0n) is 39.9. The van der Waals surface area contributed by atoms with E-state index in [1.165, 1.54) is 28.4 Å². The van der Waals surface area contributed by atoms with E-state index < -0.39 is 23.9 Å². The van der Waals surface area contributed by atoms with Gasteiger partial charge in [0.2, 0.25) is 0 Å². The molecule has 10 nitrogen and oxygen atoms in total. The van der Waals surface area contributed by atoms with Crippen molar-refractivity contribution in [2.75, 3.05) is 38.2 Å².